The molecule has 0 saturated heterocycles. The summed E-state index contributed by atoms with van der Waals surface area (Å²) in [5.41, 5.74) is 0.843. The fourth-order valence-electron chi connectivity index (χ4n) is 0.946. The molecule has 2 rings (SSSR count). The molecule has 78 valence electrons. The van der Waals surface area contributed by atoms with E-state index >= 15 is 0 Å². The fourth-order valence-corrected chi connectivity index (χ4v) is 0.946. The highest BCUT2D eigenvalue weighted by atomic mass is 16.5. The van der Waals surface area contributed by atoms with E-state index in [1.54, 1.807) is 24.4 Å². The van der Waals surface area contributed by atoms with Crippen LogP contribution in [0.1, 0.15) is 5.56 Å². The minimum absolute atomic E-state index is 0.112. The summed E-state index contributed by atoms with van der Waals surface area (Å²) in [5, 5.41) is 11.7. The number of carboxylic acids is 1. The molecule has 1 aromatic carbocycles. The van der Waals surface area contributed by atoms with E-state index in [1.807, 2.05) is 18.2 Å². The second-order valence-corrected chi connectivity index (χ2v) is 2.74. The lowest BCUT2D eigenvalue weighted by Crippen LogP contribution is -1.98. The molecule has 4 nitrogen and oxygen atoms in total. The van der Waals surface area contributed by atoms with Crippen molar-refractivity contribution in [1.29, 1.82) is 0 Å². The minimum Gasteiger partial charge on any atom is -0.481 e. The van der Waals surface area contributed by atoms with Crippen molar-refractivity contribution in [3.05, 3.63) is 54.4 Å². The van der Waals surface area contributed by atoms with E-state index < -0.39 is 5.97 Å². The van der Waals surface area contributed by atoms with Crippen molar-refractivity contribution in [1.82, 2.24) is 5.16 Å². The zero-order valence-electron chi connectivity index (χ0n) is 8.04. The Morgan fingerprint density at radius 2 is 2.00 bits per heavy atom. The van der Waals surface area contributed by atoms with Gasteiger partial charge in [-0.1, -0.05) is 35.5 Å². The van der Waals surface area contributed by atoms with Crippen LogP contribution in [0.5, 0.6) is 0 Å². The van der Waals surface area contributed by atoms with Crippen molar-refractivity contribution in [2.45, 2.75) is 6.42 Å². The lowest BCUT2D eigenvalue weighted by atomic mass is 10.2. The molecule has 1 aromatic heterocycles. The maximum atomic E-state index is 10.2. The van der Waals surface area contributed by atoms with E-state index in [2.05, 4.69) is 9.68 Å². The first kappa shape index (κ1) is 11.0. The van der Waals surface area contributed by atoms with Crippen molar-refractivity contribution in [3.8, 4) is 0 Å². The SMILES string of the molecule is O=C(O)Cc1ccccc1.c1cnoc1. The maximum Gasteiger partial charge on any atom is 0.307 e. The van der Waals surface area contributed by atoms with E-state index in [9.17, 15) is 4.79 Å². The van der Waals surface area contributed by atoms with E-state index in [1.165, 1.54) is 6.26 Å². The number of carboxylic acid groups (broad SMARTS) is 1. The molecule has 0 aliphatic heterocycles. The second-order valence-electron chi connectivity index (χ2n) is 2.74. The van der Waals surface area contributed by atoms with Gasteiger partial charge in [0.1, 0.15) is 6.26 Å². The third-order valence-corrected chi connectivity index (χ3v) is 1.55. The fraction of sp³-hybridized carbons (Fsp3) is 0.0909. The highest BCUT2D eigenvalue weighted by Gasteiger charge is 1.96. The number of rotatable bonds is 2. The van der Waals surface area contributed by atoms with Gasteiger partial charge in [-0.15, -0.1) is 0 Å². The lowest BCUT2D eigenvalue weighted by molar-refractivity contribution is -0.136. The number of nitrogens with zero attached hydrogens (tertiary/aromatic N) is 1. The van der Waals surface area contributed by atoms with Gasteiger partial charge >= 0.3 is 5.97 Å². The van der Waals surface area contributed by atoms with Crippen LogP contribution in [0.3, 0.4) is 0 Å². The summed E-state index contributed by atoms with van der Waals surface area (Å²) in [4.78, 5) is 10.2. The summed E-state index contributed by atoms with van der Waals surface area (Å²) in [5.74, 6) is -0.786. The van der Waals surface area contributed by atoms with Gasteiger partial charge in [0.15, 0.2) is 0 Å². The molecule has 4 heteroatoms. The average Bonchev–Trinajstić information content (AvgIpc) is 2.76. The van der Waals surface area contributed by atoms with Crippen LogP contribution in [0, 0.1) is 0 Å². The molecule has 0 spiro atoms. The first-order valence-electron chi connectivity index (χ1n) is 4.39. The van der Waals surface area contributed by atoms with Gasteiger partial charge in [0.2, 0.25) is 0 Å². The normalized spacial score (nSPS) is 8.80. The van der Waals surface area contributed by atoms with Crippen LogP contribution in [0.2, 0.25) is 0 Å². The molecule has 1 N–H and O–H groups in total. The van der Waals surface area contributed by atoms with Crippen LogP contribution < -0.4 is 0 Å². The molecule has 0 atom stereocenters. The molecule has 0 aliphatic carbocycles. The van der Waals surface area contributed by atoms with E-state index in [-0.39, 0.29) is 6.42 Å². The smallest absolute Gasteiger partial charge is 0.307 e. The Kier molecular flexibility index (Phi) is 4.66. The van der Waals surface area contributed by atoms with E-state index in [4.69, 9.17) is 5.11 Å². The van der Waals surface area contributed by atoms with Crippen LogP contribution in [-0.2, 0) is 11.2 Å². The Labute approximate surface area is 87.1 Å². The zero-order valence-corrected chi connectivity index (χ0v) is 8.04. The monoisotopic (exact) mass is 205 g/mol. The molecule has 0 unspecified atom stereocenters. The van der Waals surface area contributed by atoms with E-state index in [0.29, 0.717) is 0 Å². The van der Waals surface area contributed by atoms with Gasteiger partial charge in [-0.2, -0.15) is 0 Å². The predicted octanol–water partition coefficient (Wildman–Crippen LogP) is 1.99. The van der Waals surface area contributed by atoms with Crippen molar-refractivity contribution in [2.24, 2.45) is 0 Å². The standard InChI is InChI=1S/C8H8O2.C3H3NO/c9-8(10)6-7-4-2-1-3-5-7;1-2-4-5-3-1/h1-5H,6H2,(H,9,10);1-3H. The molecule has 0 fully saturated rings. The Morgan fingerprint density at radius 3 is 2.40 bits per heavy atom. The molecular weight excluding hydrogens is 194 g/mol. The summed E-state index contributed by atoms with van der Waals surface area (Å²) in [6, 6.07) is 10.9. The molecule has 0 radical (unpaired) electrons. The summed E-state index contributed by atoms with van der Waals surface area (Å²) in [6.45, 7) is 0. The third kappa shape index (κ3) is 5.25. The lowest BCUT2D eigenvalue weighted by Gasteiger charge is -1.92. The average molecular weight is 205 g/mol. The topological polar surface area (TPSA) is 63.3 Å². The van der Waals surface area contributed by atoms with Crippen LogP contribution in [0.15, 0.2) is 53.4 Å². The number of benzene rings is 1. The van der Waals surface area contributed by atoms with Crippen LogP contribution in [0.4, 0.5) is 0 Å². The van der Waals surface area contributed by atoms with E-state index in [0.717, 1.165) is 5.56 Å². The first-order chi connectivity index (χ1) is 7.29. The third-order valence-electron chi connectivity index (χ3n) is 1.55. The van der Waals surface area contributed by atoms with Crippen molar-refractivity contribution in [3.63, 3.8) is 0 Å². The highest BCUT2D eigenvalue weighted by molar-refractivity contribution is 5.70. The number of hydrogen-bond acceptors (Lipinski definition) is 3. The van der Waals surface area contributed by atoms with Gasteiger partial charge in [0, 0.05) is 0 Å². The van der Waals surface area contributed by atoms with Crippen LogP contribution in [0.25, 0.3) is 0 Å². The Balaban J connectivity index is 0.000000187. The molecule has 0 bridgehead atoms. The Hall–Kier alpha value is -2.10. The van der Waals surface area contributed by atoms with Crippen LogP contribution >= 0.6 is 0 Å². The molecule has 0 saturated carbocycles. The van der Waals surface area contributed by atoms with Gasteiger partial charge in [0.25, 0.3) is 0 Å². The zero-order chi connectivity index (χ0) is 10.9. The van der Waals surface area contributed by atoms with Gasteiger partial charge < -0.3 is 9.63 Å². The summed E-state index contributed by atoms with van der Waals surface area (Å²) >= 11 is 0. The van der Waals surface area contributed by atoms with Gasteiger partial charge in [-0.3, -0.25) is 4.79 Å². The maximum absolute atomic E-state index is 10.2. The number of carbonyl (C=O) groups is 1. The predicted molar refractivity (Wildman–Crippen MR) is 54.3 cm³/mol. The summed E-state index contributed by atoms with van der Waals surface area (Å²) in [7, 11) is 0. The van der Waals surface area contributed by atoms with Crippen molar-refractivity contribution >= 4 is 5.97 Å². The second kappa shape index (κ2) is 6.37. The molecule has 0 aliphatic rings. The van der Waals surface area contributed by atoms with Gasteiger partial charge in [0.05, 0.1) is 12.6 Å². The number of aliphatic carboxylic acids is 1. The number of aromatic nitrogens is 1. The Bertz CT molecular complexity index is 353. The van der Waals surface area contributed by atoms with Crippen molar-refractivity contribution < 1.29 is 14.4 Å². The largest absolute Gasteiger partial charge is 0.481 e. The van der Waals surface area contributed by atoms with Crippen LogP contribution in [-0.4, -0.2) is 16.2 Å². The quantitative estimate of drug-likeness (QED) is 0.814. The minimum atomic E-state index is -0.786. The number of hydrogen-bond donors (Lipinski definition) is 1. The molecule has 2 aromatic rings. The molecule has 1 heterocycles. The molecule has 0 amide bonds. The molecule has 15 heavy (non-hydrogen) atoms. The summed E-state index contributed by atoms with van der Waals surface area (Å²) < 4.78 is 4.33. The van der Waals surface area contributed by atoms with Gasteiger partial charge in [-0.05, 0) is 11.6 Å². The van der Waals surface area contributed by atoms with Gasteiger partial charge in [-0.25, -0.2) is 0 Å². The van der Waals surface area contributed by atoms with Crippen molar-refractivity contribution in [2.75, 3.05) is 0 Å². The summed E-state index contributed by atoms with van der Waals surface area (Å²) in [6.07, 6.45) is 3.21. The molecular formula is C11H11NO3. The Morgan fingerprint density at radius 1 is 1.27 bits per heavy atom. The first-order valence-corrected chi connectivity index (χ1v) is 4.39. The highest BCUT2D eigenvalue weighted by Crippen LogP contribution is 1.98.